The molecular weight excluding hydrogens is 282 g/mol. The van der Waals surface area contributed by atoms with Crippen molar-refractivity contribution < 1.29 is 4.74 Å². The minimum atomic E-state index is 0.0177. The first-order valence-electron chi connectivity index (χ1n) is 7.25. The topological polar surface area (TPSA) is 22.1 Å². The zero-order valence-electron chi connectivity index (χ0n) is 13.1. The van der Waals surface area contributed by atoms with E-state index < -0.39 is 0 Å². The monoisotopic (exact) mass is 303 g/mol. The number of rotatable bonds is 4. The van der Waals surface area contributed by atoms with E-state index in [2.05, 4.69) is 44.8 Å². The molecule has 0 radical (unpaired) electrons. The number of alkyl halides is 1. The first-order valence-corrected chi connectivity index (χ1v) is 7.79. The number of aryl methyl sites for hydroxylation is 1. The van der Waals surface area contributed by atoms with Crippen molar-refractivity contribution >= 4 is 11.6 Å². The largest absolute Gasteiger partial charge is 0.455 e. The van der Waals surface area contributed by atoms with E-state index in [0.29, 0.717) is 5.88 Å². The Balaban J connectivity index is 2.44. The van der Waals surface area contributed by atoms with E-state index in [0.717, 1.165) is 23.5 Å². The molecule has 0 fully saturated rings. The quantitative estimate of drug-likeness (QED) is 0.698. The average molecular weight is 304 g/mol. The fraction of sp³-hybridized carbons (Fsp3) is 0.389. The van der Waals surface area contributed by atoms with Crippen molar-refractivity contribution in [3.8, 4) is 11.5 Å². The first kappa shape index (κ1) is 15.8. The van der Waals surface area contributed by atoms with Gasteiger partial charge >= 0.3 is 0 Å². The number of nitrogens with zero attached hydrogens (tertiary/aromatic N) is 1. The van der Waals surface area contributed by atoms with E-state index in [4.69, 9.17) is 16.3 Å². The normalized spacial score (nSPS) is 11.5. The van der Waals surface area contributed by atoms with E-state index >= 15 is 0 Å². The molecule has 0 N–H and O–H groups in total. The van der Waals surface area contributed by atoms with Crippen molar-refractivity contribution in [1.82, 2.24) is 4.98 Å². The van der Waals surface area contributed by atoms with Gasteiger partial charge in [0.25, 0.3) is 0 Å². The van der Waals surface area contributed by atoms with Crippen molar-refractivity contribution in [2.45, 2.75) is 45.4 Å². The van der Waals surface area contributed by atoms with Gasteiger partial charge < -0.3 is 4.74 Å². The van der Waals surface area contributed by atoms with Gasteiger partial charge in [0.2, 0.25) is 0 Å². The van der Waals surface area contributed by atoms with Gasteiger partial charge in [0, 0.05) is 17.3 Å². The summed E-state index contributed by atoms with van der Waals surface area (Å²) in [7, 11) is 0. The SMILES string of the molecule is CCc1ccc(Oc2cnccc2CCl)c(C(C)(C)C)c1. The molecule has 0 atom stereocenters. The van der Waals surface area contributed by atoms with E-state index in [1.54, 1.807) is 12.4 Å². The highest BCUT2D eigenvalue weighted by atomic mass is 35.5. The molecular formula is C18H22ClNO. The summed E-state index contributed by atoms with van der Waals surface area (Å²) in [6.07, 6.45) is 4.47. The summed E-state index contributed by atoms with van der Waals surface area (Å²) in [6, 6.07) is 8.28. The second-order valence-electron chi connectivity index (χ2n) is 6.15. The van der Waals surface area contributed by atoms with Crippen molar-refractivity contribution in [1.29, 1.82) is 0 Å². The lowest BCUT2D eigenvalue weighted by Gasteiger charge is -2.24. The van der Waals surface area contributed by atoms with Gasteiger partial charge in [-0.25, -0.2) is 0 Å². The van der Waals surface area contributed by atoms with Gasteiger partial charge in [0.05, 0.1) is 12.1 Å². The van der Waals surface area contributed by atoms with Crippen LogP contribution in [0.3, 0.4) is 0 Å². The predicted molar refractivity (Wildman–Crippen MR) is 88.4 cm³/mol. The van der Waals surface area contributed by atoms with Crippen LogP contribution in [0.1, 0.15) is 44.4 Å². The Hall–Kier alpha value is -1.54. The van der Waals surface area contributed by atoms with Crippen LogP contribution < -0.4 is 4.74 Å². The summed E-state index contributed by atoms with van der Waals surface area (Å²) in [5.41, 5.74) is 3.48. The van der Waals surface area contributed by atoms with E-state index in [-0.39, 0.29) is 5.41 Å². The van der Waals surface area contributed by atoms with E-state index in [1.165, 1.54) is 11.1 Å². The Bertz CT molecular complexity index is 617. The van der Waals surface area contributed by atoms with Crippen molar-refractivity contribution in [2.75, 3.05) is 0 Å². The molecule has 0 amide bonds. The molecule has 2 aromatic rings. The third kappa shape index (κ3) is 3.76. The van der Waals surface area contributed by atoms with Gasteiger partial charge in [-0.2, -0.15) is 0 Å². The predicted octanol–water partition coefficient (Wildman–Crippen LogP) is 5.47. The summed E-state index contributed by atoms with van der Waals surface area (Å²) in [5, 5.41) is 0. The Labute approximate surface area is 132 Å². The molecule has 2 rings (SSSR count). The molecule has 0 spiro atoms. The fourth-order valence-electron chi connectivity index (χ4n) is 2.20. The summed E-state index contributed by atoms with van der Waals surface area (Å²) in [4.78, 5) is 4.13. The van der Waals surface area contributed by atoms with Crippen molar-refractivity contribution in [3.63, 3.8) is 0 Å². The lowest BCUT2D eigenvalue weighted by molar-refractivity contribution is 0.450. The first-order chi connectivity index (χ1) is 9.95. The highest BCUT2D eigenvalue weighted by Crippen LogP contribution is 2.36. The molecule has 0 bridgehead atoms. The molecule has 1 aromatic heterocycles. The van der Waals surface area contributed by atoms with Crippen LogP contribution in [0.5, 0.6) is 11.5 Å². The van der Waals surface area contributed by atoms with Gasteiger partial charge in [-0.15, -0.1) is 11.6 Å². The smallest absolute Gasteiger partial charge is 0.150 e. The van der Waals surface area contributed by atoms with Gasteiger partial charge in [-0.05, 0) is 29.5 Å². The molecule has 1 heterocycles. The zero-order chi connectivity index (χ0) is 15.5. The van der Waals surface area contributed by atoms with E-state index in [1.807, 2.05) is 12.1 Å². The highest BCUT2D eigenvalue weighted by molar-refractivity contribution is 6.17. The molecule has 21 heavy (non-hydrogen) atoms. The van der Waals surface area contributed by atoms with Gasteiger partial charge in [-0.1, -0.05) is 39.8 Å². The summed E-state index contributed by atoms with van der Waals surface area (Å²) < 4.78 is 6.11. The van der Waals surface area contributed by atoms with Crippen LogP contribution in [0, 0.1) is 0 Å². The van der Waals surface area contributed by atoms with Crippen molar-refractivity contribution in [3.05, 3.63) is 53.3 Å². The second kappa shape index (κ2) is 6.48. The number of aromatic nitrogens is 1. The number of pyridine rings is 1. The minimum Gasteiger partial charge on any atom is -0.455 e. The molecule has 0 aliphatic rings. The lowest BCUT2D eigenvalue weighted by Crippen LogP contribution is -2.13. The Kier molecular flexibility index (Phi) is 4.89. The second-order valence-corrected chi connectivity index (χ2v) is 6.42. The number of halogens is 1. The Morgan fingerprint density at radius 3 is 2.52 bits per heavy atom. The molecule has 112 valence electrons. The molecule has 0 unspecified atom stereocenters. The van der Waals surface area contributed by atoms with Crippen LogP contribution in [-0.4, -0.2) is 4.98 Å². The maximum absolute atomic E-state index is 6.11. The molecule has 0 aliphatic heterocycles. The number of ether oxygens (including phenoxy) is 1. The summed E-state index contributed by atoms with van der Waals surface area (Å²) in [6.45, 7) is 8.75. The van der Waals surface area contributed by atoms with Crippen LogP contribution in [0.4, 0.5) is 0 Å². The summed E-state index contributed by atoms with van der Waals surface area (Å²) in [5.74, 6) is 2.01. The van der Waals surface area contributed by atoms with Crippen molar-refractivity contribution in [2.24, 2.45) is 0 Å². The lowest BCUT2D eigenvalue weighted by atomic mass is 9.85. The molecule has 3 heteroatoms. The summed E-state index contributed by atoms with van der Waals surface area (Å²) >= 11 is 5.97. The molecule has 0 aliphatic carbocycles. The third-order valence-corrected chi connectivity index (χ3v) is 3.78. The Morgan fingerprint density at radius 2 is 1.90 bits per heavy atom. The van der Waals surface area contributed by atoms with Gasteiger partial charge in [0.15, 0.2) is 0 Å². The molecule has 1 aromatic carbocycles. The number of hydrogen-bond donors (Lipinski definition) is 0. The van der Waals surface area contributed by atoms with Crippen LogP contribution in [0.2, 0.25) is 0 Å². The number of benzene rings is 1. The third-order valence-electron chi connectivity index (χ3n) is 3.49. The van der Waals surface area contributed by atoms with Crippen LogP contribution in [0.15, 0.2) is 36.7 Å². The number of hydrogen-bond acceptors (Lipinski definition) is 2. The highest BCUT2D eigenvalue weighted by Gasteiger charge is 2.20. The Morgan fingerprint density at radius 1 is 1.14 bits per heavy atom. The maximum atomic E-state index is 6.11. The zero-order valence-corrected chi connectivity index (χ0v) is 13.9. The van der Waals surface area contributed by atoms with Crippen LogP contribution in [0.25, 0.3) is 0 Å². The van der Waals surface area contributed by atoms with Gasteiger partial charge in [0.1, 0.15) is 11.5 Å². The van der Waals surface area contributed by atoms with Gasteiger partial charge in [-0.3, -0.25) is 4.98 Å². The van der Waals surface area contributed by atoms with Crippen LogP contribution >= 0.6 is 11.6 Å². The van der Waals surface area contributed by atoms with E-state index in [9.17, 15) is 0 Å². The molecule has 2 nitrogen and oxygen atoms in total. The fourth-order valence-corrected chi connectivity index (χ4v) is 2.42. The molecule has 0 saturated heterocycles. The maximum Gasteiger partial charge on any atom is 0.150 e. The minimum absolute atomic E-state index is 0.0177. The standard InChI is InChI=1S/C18H22ClNO/c1-5-13-6-7-16(15(10-13)18(2,3)4)21-17-12-20-9-8-14(17)11-19/h6-10,12H,5,11H2,1-4H3. The molecule has 0 saturated carbocycles. The average Bonchev–Trinajstić information content (AvgIpc) is 2.47. The van der Waals surface area contributed by atoms with Crippen LogP contribution in [-0.2, 0) is 17.7 Å².